The van der Waals surface area contributed by atoms with Crippen molar-refractivity contribution in [1.29, 1.82) is 0 Å². The number of piperazine rings is 1. The number of hydrogen-bond donors (Lipinski definition) is 2. The molecule has 0 radical (unpaired) electrons. The Morgan fingerprint density at radius 3 is 2.48 bits per heavy atom. The number of anilines is 1. The molecule has 0 aliphatic carbocycles. The zero-order valence-electron chi connectivity index (χ0n) is 22.0. The van der Waals surface area contributed by atoms with Gasteiger partial charge in [-0.1, -0.05) is 67.4 Å². The van der Waals surface area contributed by atoms with Crippen LogP contribution >= 0.6 is 23.2 Å². The van der Waals surface area contributed by atoms with Crippen molar-refractivity contribution in [3.63, 3.8) is 0 Å². The van der Waals surface area contributed by atoms with Gasteiger partial charge in [0.25, 0.3) is 0 Å². The largest absolute Gasteiger partial charge is 0.465 e. The van der Waals surface area contributed by atoms with Crippen LogP contribution in [0.4, 0.5) is 14.9 Å². The van der Waals surface area contributed by atoms with Crippen LogP contribution in [0, 0.1) is 5.82 Å². The van der Waals surface area contributed by atoms with Gasteiger partial charge in [-0.25, -0.2) is 14.2 Å². The number of carbonyl (C=O) groups is 1. The molecule has 13 heteroatoms. The molecular formula is C27H28Cl2FN5O4S. The summed E-state index contributed by atoms with van der Waals surface area (Å²) in [5.41, 5.74) is 1.47. The fourth-order valence-corrected chi connectivity index (χ4v) is 5.95. The lowest BCUT2D eigenvalue weighted by Crippen LogP contribution is -2.55. The highest BCUT2D eigenvalue weighted by molar-refractivity contribution is 7.91. The number of pyridine rings is 1. The van der Waals surface area contributed by atoms with Gasteiger partial charge in [-0.2, -0.15) is 8.42 Å². The van der Waals surface area contributed by atoms with E-state index in [-0.39, 0.29) is 58.4 Å². The van der Waals surface area contributed by atoms with Gasteiger partial charge in [0.15, 0.2) is 5.84 Å². The highest BCUT2D eigenvalue weighted by Crippen LogP contribution is 2.33. The first-order valence-corrected chi connectivity index (χ1v) is 14.6. The molecule has 1 atom stereocenters. The summed E-state index contributed by atoms with van der Waals surface area (Å²) in [6.07, 6.45) is -1.08. The highest BCUT2D eigenvalue weighted by atomic mass is 35.5. The standard InChI is InChI=1S/C27H28Cl2FN5O4S/c1-16(2)18-8-5-7-11-23(18)32-40(38,39)33-26(35-13-12-34(27(36)37)15-17(35)3)20-14-21(28)24(31-25(20)29)19-9-4-6-10-22(19)30/h4-11,14,16-17,32H,12-13,15H2,1-3H3,(H,36,37)/t17-/m0/s1. The fourth-order valence-electron chi connectivity index (χ4n) is 4.54. The van der Waals surface area contributed by atoms with Gasteiger partial charge in [-0.3, -0.25) is 4.72 Å². The zero-order valence-corrected chi connectivity index (χ0v) is 24.3. The van der Waals surface area contributed by atoms with Crippen molar-refractivity contribution < 1.29 is 22.7 Å². The van der Waals surface area contributed by atoms with E-state index in [1.807, 2.05) is 26.0 Å². The Kier molecular flexibility index (Phi) is 8.86. The van der Waals surface area contributed by atoms with E-state index in [9.17, 15) is 22.7 Å². The molecule has 9 nitrogen and oxygen atoms in total. The molecule has 1 amide bonds. The average molecular weight is 609 g/mol. The van der Waals surface area contributed by atoms with E-state index in [0.29, 0.717) is 5.69 Å². The second-order valence-corrected chi connectivity index (χ2v) is 11.7. The zero-order chi connectivity index (χ0) is 29.2. The van der Waals surface area contributed by atoms with Crippen LogP contribution in [0.3, 0.4) is 0 Å². The topological polar surface area (TPSA) is 115 Å². The molecule has 0 spiro atoms. The van der Waals surface area contributed by atoms with E-state index < -0.39 is 28.2 Å². The molecule has 0 saturated carbocycles. The molecule has 0 unspecified atom stereocenters. The summed E-state index contributed by atoms with van der Waals surface area (Å²) in [5.74, 6) is -0.579. The number of amidine groups is 1. The molecular weight excluding hydrogens is 580 g/mol. The van der Waals surface area contributed by atoms with Crippen molar-refractivity contribution in [1.82, 2.24) is 14.8 Å². The maximum atomic E-state index is 14.5. The first-order valence-electron chi connectivity index (χ1n) is 12.5. The summed E-state index contributed by atoms with van der Waals surface area (Å²) in [6, 6.07) is 13.8. The fraction of sp³-hybridized carbons (Fsp3) is 0.296. The molecule has 3 aromatic rings. The highest BCUT2D eigenvalue weighted by Gasteiger charge is 2.32. The number of nitrogens with one attached hydrogen (secondary N) is 1. The Morgan fingerprint density at radius 1 is 1.15 bits per heavy atom. The Bertz CT molecular complexity index is 1570. The van der Waals surface area contributed by atoms with Gasteiger partial charge in [-0.05, 0) is 42.7 Å². The molecule has 1 saturated heterocycles. The number of rotatable bonds is 6. The third kappa shape index (κ3) is 6.48. The Labute approximate surface area is 242 Å². The predicted octanol–water partition coefficient (Wildman–Crippen LogP) is 6.11. The molecule has 1 aliphatic heterocycles. The van der Waals surface area contributed by atoms with Gasteiger partial charge in [0, 0.05) is 31.2 Å². The molecule has 0 bridgehead atoms. The first kappa shape index (κ1) is 29.6. The second kappa shape index (κ2) is 12.0. The van der Waals surface area contributed by atoms with Crippen molar-refractivity contribution in [3.8, 4) is 11.3 Å². The molecule has 1 fully saturated rings. The van der Waals surface area contributed by atoms with Crippen LogP contribution in [0.15, 0.2) is 59.0 Å². The molecule has 2 N–H and O–H groups in total. The maximum Gasteiger partial charge on any atom is 0.407 e. The molecule has 4 rings (SSSR count). The summed E-state index contributed by atoms with van der Waals surface area (Å²) in [5, 5.41) is 9.34. The van der Waals surface area contributed by atoms with Crippen molar-refractivity contribution in [2.45, 2.75) is 32.7 Å². The van der Waals surface area contributed by atoms with Gasteiger partial charge in [0.2, 0.25) is 0 Å². The minimum Gasteiger partial charge on any atom is -0.465 e. The lowest BCUT2D eigenvalue weighted by atomic mass is 10.0. The van der Waals surface area contributed by atoms with Gasteiger partial charge >= 0.3 is 16.3 Å². The van der Waals surface area contributed by atoms with Crippen molar-refractivity contribution in [3.05, 3.63) is 81.7 Å². The predicted molar refractivity (Wildman–Crippen MR) is 155 cm³/mol. The smallest absolute Gasteiger partial charge is 0.407 e. The van der Waals surface area contributed by atoms with E-state index in [4.69, 9.17) is 23.2 Å². The summed E-state index contributed by atoms with van der Waals surface area (Å²) in [4.78, 5) is 18.7. The molecule has 2 heterocycles. The van der Waals surface area contributed by atoms with Crippen molar-refractivity contribution >= 4 is 51.0 Å². The van der Waals surface area contributed by atoms with E-state index in [1.165, 1.54) is 29.2 Å². The van der Waals surface area contributed by atoms with Gasteiger partial charge in [-0.15, -0.1) is 4.40 Å². The summed E-state index contributed by atoms with van der Waals surface area (Å²) < 4.78 is 48.0. The molecule has 212 valence electrons. The third-order valence-corrected chi connectivity index (χ3v) is 7.97. The van der Waals surface area contributed by atoms with Crippen molar-refractivity contribution in [2.75, 3.05) is 24.4 Å². The molecule has 2 aromatic carbocycles. The number of aromatic nitrogens is 1. The average Bonchev–Trinajstić information content (AvgIpc) is 2.89. The number of carboxylic acid groups (broad SMARTS) is 1. The van der Waals surface area contributed by atoms with Crippen LogP contribution < -0.4 is 4.72 Å². The van der Waals surface area contributed by atoms with Gasteiger partial charge in [0.1, 0.15) is 11.0 Å². The van der Waals surface area contributed by atoms with Gasteiger partial charge < -0.3 is 14.9 Å². The minimum atomic E-state index is -4.36. The number of benzene rings is 2. The number of halogens is 3. The third-order valence-electron chi connectivity index (χ3n) is 6.50. The van der Waals surface area contributed by atoms with Crippen LogP contribution in [0.25, 0.3) is 11.3 Å². The SMILES string of the molecule is CC(C)c1ccccc1NS(=O)(=O)N=C(c1cc(Cl)c(-c2ccccc2F)nc1Cl)N1CCN(C(=O)O)C[C@@H]1C. The normalized spacial score (nSPS) is 16.4. The molecule has 1 aromatic heterocycles. The maximum absolute atomic E-state index is 14.5. The monoisotopic (exact) mass is 607 g/mol. The van der Waals surface area contributed by atoms with E-state index in [2.05, 4.69) is 14.1 Å². The van der Waals surface area contributed by atoms with Crippen LogP contribution in [0.1, 0.15) is 37.8 Å². The summed E-state index contributed by atoms with van der Waals surface area (Å²) >= 11 is 13.1. The summed E-state index contributed by atoms with van der Waals surface area (Å²) in [6.45, 7) is 5.97. The van der Waals surface area contributed by atoms with Crippen LogP contribution in [-0.4, -0.2) is 65.9 Å². The Morgan fingerprint density at radius 2 is 1.82 bits per heavy atom. The van der Waals surface area contributed by atoms with Crippen molar-refractivity contribution in [2.24, 2.45) is 4.40 Å². The number of hydrogen-bond acceptors (Lipinski definition) is 4. The molecule has 40 heavy (non-hydrogen) atoms. The van der Waals surface area contributed by atoms with E-state index in [1.54, 1.807) is 30.0 Å². The minimum absolute atomic E-state index is 0.0320. The summed E-state index contributed by atoms with van der Waals surface area (Å²) in [7, 11) is -4.36. The first-order chi connectivity index (χ1) is 18.9. The molecule has 1 aliphatic rings. The number of para-hydroxylation sites is 1. The van der Waals surface area contributed by atoms with E-state index in [0.717, 1.165) is 5.56 Å². The van der Waals surface area contributed by atoms with Crippen LogP contribution in [-0.2, 0) is 10.2 Å². The van der Waals surface area contributed by atoms with Crippen LogP contribution in [0.2, 0.25) is 10.2 Å². The number of amides is 1. The quantitative estimate of drug-likeness (QED) is 0.198. The number of nitrogens with zero attached hydrogens (tertiary/aromatic N) is 4. The Balaban J connectivity index is 1.83. The Hall–Kier alpha value is -3.41. The second-order valence-electron chi connectivity index (χ2n) is 9.64. The lowest BCUT2D eigenvalue weighted by Gasteiger charge is -2.40. The lowest BCUT2D eigenvalue weighted by molar-refractivity contribution is 0.106. The van der Waals surface area contributed by atoms with Gasteiger partial charge in [0.05, 0.1) is 22.0 Å². The van der Waals surface area contributed by atoms with E-state index >= 15 is 0 Å². The van der Waals surface area contributed by atoms with Crippen LogP contribution in [0.5, 0.6) is 0 Å².